The smallest absolute Gasteiger partial charge is 0.271 e. The molecule has 1 amide bonds. The standard InChI is InChI=1S/C22H29N3O5S2/c26-21(23-15-20(18-7-10-30-16-18)25-8-11-29-12-9-25)14-17-3-5-19(6-4-17)24-32(27,28)22-2-1-13-31-22/h1-6,13,18,20,24H,7-12,14-16H2,(H,23,26). The number of nitrogens with zero attached hydrogens (tertiary/aromatic N) is 1. The van der Waals surface area contributed by atoms with E-state index >= 15 is 0 Å². The van der Waals surface area contributed by atoms with Crippen molar-refractivity contribution >= 4 is 33.0 Å². The van der Waals surface area contributed by atoms with Crippen LogP contribution in [0.15, 0.2) is 46.0 Å². The topological polar surface area (TPSA) is 97.0 Å². The molecule has 1 aromatic carbocycles. The molecule has 0 spiro atoms. The maximum absolute atomic E-state index is 12.6. The summed E-state index contributed by atoms with van der Waals surface area (Å²) in [6, 6.07) is 10.4. The molecule has 2 aromatic rings. The second-order valence-corrected chi connectivity index (χ2v) is 10.9. The van der Waals surface area contributed by atoms with Gasteiger partial charge in [-0.3, -0.25) is 14.4 Å². The number of morpholine rings is 1. The summed E-state index contributed by atoms with van der Waals surface area (Å²) in [5, 5.41) is 4.81. The zero-order valence-corrected chi connectivity index (χ0v) is 19.5. The maximum atomic E-state index is 12.6. The van der Waals surface area contributed by atoms with Crippen LogP contribution in [0.1, 0.15) is 12.0 Å². The summed E-state index contributed by atoms with van der Waals surface area (Å²) in [4.78, 5) is 15.0. The van der Waals surface area contributed by atoms with Crippen LogP contribution in [-0.4, -0.2) is 71.3 Å². The number of thiophene rings is 1. The van der Waals surface area contributed by atoms with E-state index in [1.165, 1.54) is 11.3 Å². The molecular weight excluding hydrogens is 450 g/mol. The number of sulfonamides is 1. The number of anilines is 1. The van der Waals surface area contributed by atoms with Crippen molar-refractivity contribution in [2.75, 3.05) is 50.8 Å². The Hall–Kier alpha value is -1.98. The molecule has 0 aliphatic carbocycles. The van der Waals surface area contributed by atoms with Gasteiger partial charge in [0, 0.05) is 43.9 Å². The van der Waals surface area contributed by atoms with Crippen LogP contribution >= 0.6 is 11.3 Å². The normalized spacial score (nSPS) is 20.7. The van der Waals surface area contributed by atoms with E-state index in [2.05, 4.69) is 14.9 Å². The van der Waals surface area contributed by atoms with Gasteiger partial charge in [-0.15, -0.1) is 11.3 Å². The molecule has 2 aliphatic heterocycles. The summed E-state index contributed by atoms with van der Waals surface area (Å²) in [5.74, 6) is 0.373. The number of nitrogens with one attached hydrogen (secondary N) is 2. The van der Waals surface area contributed by atoms with Crippen LogP contribution in [-0.2, 0) is 30.7 Å². The monoisotopic (exact) mass is 479 g/mol. The Morgan fingerprint density at radius 1 is 1.12 bits per heavy atom. The Labute approximate surface area is 193 Å². The summed E-state index contributed by atoms with van der Waals surface area (Å²) < 4.78 is 38.5. The number of ether oxygens (including phenoxy) is 2. The van der Waals surface area contributed by atoms with Crippen LogP contribution in [0.3, 0.4) is 0 Å². The van der Waals surface area contributed by atoms with Gasteiger partial charge in [-0.1, -0.05) is 18.2 Å². The largest absolute Gasteiger partial charge is 0.381 e. The number of hydrogen-bond donors (Lipinski definition) is 2. The molecule has 1 aromatic heterocycles. The van der Waals surface area contributed by atoms with E-state index in [1.807, 2.05) is 0 Å². The highest BCUT2D eigenvalue weighted by molar-refractivity contribution is 7.94. The van der Waals surface area contributed by atoms with Gasteiger partial charge in [0.15, 0.2) is 0 Å². The van der Waals surface area contributed by atoms with Gasteiger partial charge in [0.1, 0.15) is 4.21 Å². The van der Waals surface area contributed by atoms with Crippen molar-refractivity contribution in [3.8, 4) is 0 Å². The van der Waals surface area contributed by atoms with E-state index in [1.54, 1.807) is 41.8 Å². The summed E-state index contributed by atoms with van der Waals surface area (Å²) >= 11 is 1.17. The van der Waals surface area contributed by atoms with Crippen LogP contribution in [0.5, 0.6) is 0 Å². The molecule has 8 nitrogen and oxygen atoms in total. The van der Waals surface area contributed by atoms with Crippen LogP contribution in [0, 0.1) is 5.92 Å². The first-order valence-corrected chi connectivity index (χ1v) is 13.2. The minimum atomic E-state index is -3.58. The van der Waals surface area contributed by atoms with Crippen LogP contribution in [0.4, 0.5) is 5.69 Å². The van der Waals surface area contributed by atoms with Gasteiger partial charge >= 0.3 is 0 Å². The molecule has 2 N–H and O–H groups in total. The van der Waals surface area contributed by atoms with Gasteiger partial charge in [-0.2, -0.15) is 0 Å². The van der Waals surface area contributed by atoms with Crippen molar-refractivity contribution in [1.29, 1.82) is 0 Å². The summed E-state index contributed by atoms with van der Waals surface area (Å²) in [6.07, 6.45) is 1.26. The third-order valence-electron chi connectivity index (χ3n) is 5.86. The molecule has 0 bridgehead atoms. The van der Waals surface area contributed by atoms with Crippen molar-refractivity contribution in [1.82, 2.24) is 10.2 Å². The minimum absolute atomic E-state index is 0.0471. The number of carbonyl (C=O) groups excluding carboxylic acids is 1. The molecule has 2 atom stereocenters. The van der Waals surface area contributed by atoms with Gasteiger partial charge in [0.25, 0.3) is 10.0 Å². The lowest BCUT2D eigenvalue weighted by molar-refractivity contribution is -0.120. The Kier molecular flexibility index (Phi) is 7.80. The van der Waals surface area contributed by atoms with Gasteiger partial charge in [-0.05, 0) is 35.6 Å². The Morgan fingerprint density at radius 2 is 1.91 bits per heavy atom. The average Bonchev–Trinajstić information content (AvgIpc) is 3.51. The van der Waals surface area contributed by atoms with Gasteiger partial charge in [-0.25, -0.2) is 8.42 Å². The number of carbonyl (C=O) groups is 1. The molecule has 3 heterocycles. The average molecular weight is 480 g/mol. The third-order valence-corrected chi connectivity index (χ3v) is 8.64. The van der Waals surface area contributed by atoms with Crippen molar-refractivity contribution < 1.29 is 22.7 Å². The van der Waals surface area contributed by atoms with Crippen molar-refractivity contribution in [2.45, 2.75) is 23.1 Å². The second-order valence-electron chi connectivity index (χ2n) is 8.05. The molecule has 174 valence electrons. The van der Waals surface area contributed by atoms with Crippen molar-refractivity contribution in [2.24, 2.45) is 5.92 Å². The van der Waals surface area contributed by atoms with E-state index in [0.29, 0.717) is 18.2 Å². The van der Waals surface area contributed by atoms with Gasteiger partial charge in [0.05, 0.1) is 26.2 Å². The molecular formula is C22H29N3O5S2. The first-order valence-electron chi connectivity index (χ1n) is 10.8. The lowest BCUT2D eigenvalue weighted by Gasteiger charge is -2.37. The molecule has 2 fully saturated rings. The van der Waals surface area contributed by atoms with E-state index in [9.17, 15) is 13.2 Å². The number of rotatable bonds is 9. The molecule has 0 saturated carbocycles. The molecule has 32 heavy (non-hydrogen) atoms. The highest BCUT2D eigenvalue weighted by atomic mass is 32.2. The first-order chi connectivity index (χ1) is 15.5. The summed E-state index contributed by atoms with van der Waals surface area (Å²) in [6.45, 7) is 5.30. The first kappa shape index (κ1) is 23.2. The van der Waals surface area contributed by atoms with E-state index in [4.69, 9.17) is 9.47 Å². The lowest BCUT2D eigenvalue weighted by Crippen LogP contribution is -2.52. The lowest BCUT2D eigenvalue weighted by atomic mass is 9.96. The number of benzene rings is 1. The molecule has 10 heteroatoms. The van der Waals surface area contributed by atoms with Crippen LogP contribution in [0.25, 0.3) is 0 Å². The Morgan fingerprint density at radius 3 is 2.56 bits per heavy atom. The summed E-state index contributed by atoms with van der Waals surface area (Å²) in [5.41, 5.74) is 1.30. The molecule has 0 radical (unpaired) electrons. The molecule has 2 saturated heterocycles. The molecule has 4 rings (SSSR count). The fourth-order valence-corrected chi connectivity index (χ4v) is 6.19. The highest BCUT2D eigenvalue weighted by Gasteiger charge is 2.31. The highest BCUT2D eigenvalue weighted by Crippen LogP contribution is 2.22. The third kappa shape index (κ3) is 6.08. The van der Waals surface area contributed by atoms with Crippen LogP contribution < -0.4 is 10.0 Å². The van der Waals surface area contributed by atoms with E-state index in [-0.39, 0.29) is 22.6 Å². The van der Waals surface area contributed by atoms with E-state index < -0.39 is 10.0 Å². The van der Waals surface area contributed by atoms with Crippen molar-refractivity contribution in [3.05, 3.63) is 47.3 Å². The minimum Gasteiger partial charge on any atom is -0.381 e. The zero-order valence-electron chi connectivity index (χ0n) is 17.9. The Bertz CT molecular complexity index is 968. The second kappa shape index (κ2) is 10.8. The molecule has 2 aliphatic rings. The number of hydrogen-bond acceptors (Lipinski definition) is 7. The number of amides is 1. The van der Waals surface area contributed by atoms with E-state index in [0.717, 1.165) is 51.5 Å². The Balaban J connectivity index is 1.30. The predicted octanol–water partition coefficient (Wildman–Crippen LogP) is 1.94. The van der Waals surface area contributed by atoms with Gasteiger partial charge in [0.2, 0.25) is 5.91 Å². The molecule has 2 unspecified atom stereocenters. The fraction of sp³-hybridized carbons (Fsp3) is 0.500. The summed E-state index contributed by atoms with van der Waals surface area (Å²) in [7, 11) is -3.58. The van der Waals surface area contributed by atoms with Crippen LogP contribution in [0.2, 0.25) is 0 Å². The van der Waals surface area contributed by atoms with Crippen molar-refractivity contribution in [3.63, 3.8) is 0 Å². The zero-order chi connectivity index (χ0) is 22.4. The fourth-order valence-electron chi connectivity index (χ4n) is 4.14. The van der Waals surface area contributed by atoms with Gasteiger partial charge < -0.3 is 14.8 Å². The SMILES string of the molecule is O=C(Cc1ccc(NS(=O)(=O)c2cccs2)cc1)NCC(C1CCOC1)N1CCOCC1. The quantitative estimate of drug-likeness (QED) is 0.571. The predicted molar refractivity (Wildman–Crippen MR) is 123 cm³/mol. The maximum Gasteiger partial charge on any atom is 0.271 e.